The molecule has 0 aliphatic heterocycles. The van der Waals surface area contributed by atoms with Gasteiger partial charge in [-0.05, 0) is 6.42 Å². The molecule has 0 atom stereocenters. The van der Waals surface area contributed by atoms with E-state index in [2.05, 4.69) is 14.7 Å². The molecule has 1 heterocycles. The van der Waals surface area contributed by atoms with Gasteiger partial charge in [0, 0.05) is 0 Å². The van der Waals surface area contributed by atoms with Crippen LogP contribution in [0.15, 0.2) is 6.20 Å². The van der Waals surface area contributed by atoms with Crippen LogP contribution in [0, 0.1) is 0 Å². The van der Waals surface area contributed by atoms with Crippen molar-refractivity contribution in [3.63, 3.8) is 0 Å². The highest BCUT2D eigenvalue weighted by atomic mass is 19.4. The van der Waals surface area contributed by atoms with Gasteiger partial charge in [0.1, 0.15) is 5.56 Å². The number of hydrogen-bond acceptors (Lipinski definition) is 4. The quantitative estimate of drug-likeness (QED) is 0.594. The summed E-state index contributed by atoms with van der Waals surface area (Å²) < 4.78 is 83.0. The Morgan fingerprint density at radius 1 is 1.10 bits per heavy atom. The van der Waals surface area contributed by atoms with E-state index in [1.807, 2.05) is 6.92 Å². The summed E-state index contributed by atoms with van der Waals surface area (Å²) >= 11 is 0. The van der Waals surface area contributed by atoms with Gasteiger partial charge in [-0.25, -0.2) is 4.98 Å². The minimum absolute atomic E-state index is 0.139. The molecule has 0 unspecified atom stereocenters. The number of hydrogen-bond donors (Lipinski definition) is 0. The molecule has 0 aromatic carbocycles. The van der Waals surface area contributed by atoms with Gasteiger partial charge in [-0.3, -0.25) is 0 Å². The number of aromatic nitrogens is 2. The summed E-state index contributed by atoms with van der Waals surface area (Å²) in [6.45, 7) is 0.108. The normalized spacial score (nSPS) is 12.3. The zero-order chi connectivity index (χ0) is 16.1. The SMILES string of the molecule is CCCCOc1ncc(C(F)(F)F)c(OCC(F)(F)F)n1. The summed E-state index contributed by atoms with van der Waals surface area (Å²) in [6, 6.07) is -0.464. The lowest BCUT2D eigenvalue weighted by molar-refractivity contribution is -0.159. The molecule has 1 aromatic heterocycles. The highest BCUT2D eigenvalue weighted by Crippen LogP contribution is 2.35. The van der Waals surface area contributed by atoms with Crippen LogP contribution >= 0.6 is 0 Å². The summed E-state index contributed by atoms with van der Waals surface area (Å²) in [4.78, 5) is 6.55. The van der Waals surface area contributed by atoms with E-state index < -0.39 is 36.4 Å². The maximum Gasteiger partial charge on any atom is 0.423 e. The maximum absolute atomic E-state index is 12.6. The summed E-state index contributed by atoms with van der Waals surface area (Å²) in [7, 11) is 0. The van der Waals surface area contributed by atoms with E-state index in [4.69, 9.17) is 4.74 Å². The van der Waals surface area contributed by atoms with Crippen molar-refractivity contribution in [2.75, 3.05) is 13.2 Å². The Kier molecular flexibility index (Phi) is 5.62. The first-order chi connectivity index (χ1) is 9.63. The lowest BCUT2D eigenvalue weighted by atomic mass is 10.3. The van der Waals surface area contributed by atoms with Gasteiger partial charge in [-0.15, -0.1) is 0 Å². The molecule has 0 bridgehead atoms. The molecule has 0 spiro atoms. The molecule has 0 aliphatic carbocycles. The van der Waals surface area contributed by atoms with Gasteiger partial charge in [0.15, 0.2) is 6.61 Å². The highest BCUT2D eigenvalue weighted by Gasteiger charge is 2.38. The summed E-state index contributed by atoms with van der Waals surface area (Å²) in [5.74, 6) is -1.21. The van der Waals surface area contributed by atoms with Crippen molar-refractivity contribution >= 4 is 0 Å². The van der Waals surface area contributed by atoms with E-state index in [9.17, 15) is 26.3 Å². The van der Waals surface area contributed by atoms with E-state index in [0.717, 1.165) is 6.42 Å². The Hall–Kier alpha value is -1.74. The van der Waals surface area contributed by atoms with Crippen LogP contribution < -0.4 is 9.47 Å². The Morgan fingerprint density at radius 2 is 1.76 bits per heavy atom. The molecule has 0 fully saturated rings. The minimum atomic E-state index is -4.93. The molecule has 10 heteroatoms. The zero-order valence-electron chi connectivity index (χ0n) is 10.9. The van der Waals surface area contributed by atoms with Crippen LogP contribution in [0.25, 0.3) is 0 Å². The second kappa shape index (κ2) is 6.81. The van der Waals surface area contributed by atoms with Gasteiger partial charge < -0.3 is 9.47 Å². The molecule has 1 rings (SSSR count). The standard InChI is InChI=1S/C11H12F6N2O2/c1-2-3-4-20-9-18-5-7(11(15,16)17)8(19-9)21-6-10(12,13)14/h5H,2-4,6H2,1H3. The van der Waals surface area contributed by atoms with Gasteiger partial charge >= 0.3 is 18.4 Å². The van der Waals surface area contributed by atoms with Gasteiger partial charge in [0.25, 0.3) is 0 Å². The van der Waals surface area contributed by atoms with Gasteiger partial charge in [-0.1, -0.05) is 13.3 Å². The fourth-order valence-electron chi connectivity index (χ4n) is 1.18. The average molecular weight is 318 g/mol. The van der Waals surface area contributed by atoms with Crippen molar-refractivity contribution in [1.82, 2.24) is 9.97 Å². The fourth-order valence-corrected chi connectivity index (χ4v) is 1.18. The molecule has 0 N–H and O–H groups in total. The maximum atomic E-state index is 12.6. The number of alkyl halides is 6. The topological polar surface area (TPSA) is 44.2 Å². The first kappa shape index (κ1) is 17.3. The first-order valence-corrected chi connectivity index (χ1v) is 5.90. The van der Waals surface area contributed by atoms with Gasteiger partial charge in [0.2, 0.25) is 5.88 Å². The van der Waals surface area contributed by atoms with Gasteiger partial charge in [-0.2, -0.15) is 31.3 Å². The van der Waals surface area contributed by atoms with Crippen LogP contribution in [0.2, 0.25) is 0 Å². The first-order valence-electron chi connectivity index (χ1n) is 5.90. The molecule has 120 valence electrons. The second-order valence-electron chi connectivity index (χ2n) is 3.98. The monoisotopic (exact) mass is 318 g/mol. The van der Waals surface area contributed by atoms with E-state index in [1.165, 1.54) is 0 Å². The molecule has 0 saturated carbocycles. The van der Waals surface area contributed by atoms with Crippen molar-refractivity contribution in [3.05, 3.63) is 11.8 Å². The summed E-state index contributed by atoms with van der Waals surface area (Å²) in [5.41, 5.74) is -1.49. The predicted octanol–water partition coefficient (Wildman–Crippen LogP) is 3.62. The Bertz CT molecular complexity index is 461. The van der Waals surface area contributed by atoms with E-state index in [0.29, 0.717) is 12.6 Å². The van der Waals surface area contributed by atoms with Crippen molar-refractivity contribution in [2.24, 2.45) is 0 Å². The predicted molar refractivity (Wildman–Crippen MR) is 59.0 cm³/mol. The van der Waals surface area contributed by atoms with Crippen molar-refractivity contribution in [3.8, 4) is 11.9 Å². The Balaban J connectivity index is 2.94. The smallest absolute Gasteiger partial charge is 0.423 e. The van der Waals surface area contributed by atoms with Crippen LogP contribution in [0.1, 0.15) is 25.3 Å². The van der Waals surface area contributed by atoms with Crippen LogP contribution in [0.4, 0.5) is 26.3 Å². The fraction of sp³-hybridized carbons (Fsp3) is 0.636. The average Bonchev–Trinajstić information content (AvgIpc) is 2.34. The third-order valence-corrected chi connectivity index (χ3v) is 2.14. The van der Waals surface area contributed by atoms with Gasteiger partial charge in [0.05, 0.1) is 12.8 Å². The highest BCUT2D eigenvalue weighted by molar-refractivity contribution is 5.28. The lowest BCUT2D eigenvalue weighted by Crippen LogP contribution is -2.22. The van der Waals surface area contributed by atoms with Crippen molar-refractivity contribution in [2.45, 2.75) is 32.1 Å². The third-order valence-electron chi connectivity index (χ3n) is 2.14. The summed E-state index contributed by atoms with van der Waals surface area (Å²) in [5, 5.41) is 0. The lowest BCUT2D eigenvalue weighted by Gasteiger charge is -2.14. The second-order valence-corrected chi connectivity index (χ2v) is 3.98. The van der Waals surface area contributed by atoms with E-state index in [1.54, 1.807) is 0 Å². The van der Waals surface area contributed by atoms with E-state index in [-0.39, 0.29) is 6.61 Å². The Labute approximate surface area is 116 Å². The number of ether oxygens (including phenoxy) is 2. The van der Waals surface area contributed by atoms with Crippen molar-refractivity contribution in [1.29, 1.82) is 0 Å². The molecule has 0 saturated heterocycles. The molecule has 0 radical (unpaired) electrons. The molecular formula is C11H12F6N2O2. The number of halogens is 6. The molecule has 0 amide bonds. The van der Waals surface area contributed by atoms with E-state index >= 15 is 0 Å². The van der Waals surface area contributed by atoms with Crippen molar-refractivity contribution < 1.29 is 35.8 Å². The van der Waals surface area contributed by atoms with Crippen LogP contribution in [-0.4, -0.2) is 29.4 Å². The minimum Gasteiger partial charge on any atom is -0.467 e. The van der Waals surface area contributed by atoms with Crippen LogP contribution in [0.3, 0.4) is 0 Å². The molecule has 21 heavy (non-hydrogen) atoms. The molecular weight excluding hydrogens is 306 g/mol. The largest absolute Gasteiger partial charge is 0.467 e. The molecule has 4 nitrogen and oxygen atoms in total. The Morgan fingerprint density at radius 3 is 2.29 bits per heavy atom. The van der Waals surface area contributed by atoms with Crippen LogP contribution in [-0.2, 0) is 6.18 Å². The zero-order valence-corrected chi connectivity index (χ0v) is 10.9. The third kappa shape index (κ3) is 6.05. The molecule has 1 aromatic rings. The number of rotatable bonds is 6. The van der Waals surface area contributed by atoms with Crippen LogP contribution in [0.5, 0.6) is 11.9 Å². The summed E-state index contributed by atoms with van der Waals surface area (Å²) in [6.07, 6.45) is -8.01. The number of nitrogens with zero attached hydrogens (tertiary/aromatic N) is 2. The molecule has 0 aliphatic rings. The number of unbranched alkanes of at least 4 members (excludes halogenated alkanes) is 1.